The Morgan fingerprint density at radius 3 is 2.70 bits per heavy atom. The number of hydrogen-bond acceptors (Lipinski definition) is 8. The molecule has 0 unspecified atom stereocenters. The molecule has 8 heteroatoms. The molecular formula is C19H30N6O2. The predicted octanol–water partition coefficient (Wildman–Crippen LogP) is 1.76. The number of anilines is 2. The van der Waals surface area contributed by atoms with Gasteiger partial charge in [0.15, 0.2) is 0 Å². The Kier molecular flexibility index (Phi) is 5.96. The lowest BCUT2D eigenvalue weighted by Crippen LogP contribution is -2.49. The molecule has 8 nitrogen and oxygen atoms in total. The zero-order valence-electron chi connectivity index (χ0n) is 16.9. The van der Waals surface area contributed by atoms with Gasteiger partial charge in [-0.1, -0.05) is 12.1 Å². The Balaban J connectivity index is 1.64. The van der Waals surface area contributed by atoms with Gasteiger partial charge in [0, 0.05) is 51.1 Å². The largest absolute Gasteiger partial charge is 0.390 e. The standard InChI is InChI=1S/C19H30N6O2/c1-6-14-9-18(22-19(20-14)24(4)5)21-16-7-8-25(11-17(16)26)10-15-12(2)23-27-13(15)3/h9,16-17,26H,6-8,10-11H2,1-5H3,(H,20,21,22)/t16-,17-/m1/s1. The highest BCUT2D eigenvalue weighted by Gasteiger charge is 2.29. The third-order valence-electron chi connectivity index (χ3n) is 5.09. The van der Waals surface area contributed by atoms with Crippen LogP contribution in [0.15, 0.2) is 10.6 Å². The van der Waals surface area contributed by atoms with E-state index in [2.05, 4.69) is 32.3 Å². The number of β-amino-alcohol motifs (C(OH)–C–C–N with tert-alkyl or cyclic N) is 1. The van der Waals surface area contributed by atoms with Crippen molar-refractivity contribution in [2.75, 3.05) is 37.4 Å². The molecule has 0 spiro atoms. The van der Waals surface area contributed by atoms with Gasteiger partial charge in [-0.3, -0.25) is 4.90 Å². The van der Waals surface area contributed by atoms with Crippen molar-refractivity contribution in [2.24, 2.45) is 0 Å². The molecule has 0 aromatic carbocycles. The molecular weight excluding hydrogens is 344 g/mol. The number of nitrogens with zero attached hydrogens (tertiary/aromatic N) is 5. The number of aliphatic hydroxyl groups excluding tert-OH is 1. The molecule has 3 rings (SSSR count). The fraction of sp³-hybridized carbons (Fsp3) is 0.632. The molecule has 1 fully saturated rings. The van der Waals surface area contributed by atoms with Gasteiger partial charge >= 0.3 is 0 Å². The highest BCUT2D eigenvalue weighted by molar-refractivity contribution is 5.44. The van der Waals surface area contributed by atoms with E-state index in [9.17, 15) is 5.11 Å². The summed E-state index contributed by atoms with van der Waals surface area (Å²) in [5, 5.41) is 18.1. The first kappa shape index (κ1) is 19.6. The van der Waals surface area contributed by atoms with Crippen molar-refractivity contribution in [3.8, 4) is 0 Å². The number of piperidine rings is 1. The lowest BCUT2D eigenvalue weighted by atomic mass is 10.0. The van der Waals surface area contributed by atoms with Gasteiger partial charge in [-0.25, -0.2) is 4.98 Å². The van der Waals surface area contributed by atoms with Crippen LogP contribution in [0.25, 0.3) is 0 Å². The Hall–Kier alpha value is -2.19. The fourth-order valence-corrected chi connectivity index (χ4v) is 3.39. The first-order valence-electron chi connectivity index (χ1n) is 9.51. The van der Waals surface area contributed by atoms with Crippen molar-refractivity contribution < 1.29 is 9.63 Å². The van der Waals surface area contributed by atoms with Gasteiger partial charge in [0.25, 0.3) is 0 Å². The van der Waals surface area contributed by atoms with Gasteiger partial charge in [0.2, 0.25) is 5.95 Å². The summed E-state index contributed by atoms with van der Waals surface area (Å²) in [6.45, 7) is 8.22. The van der Waals surface area contributed by atoms with E-state index >= 15 is 0 Å². The number of aromatic nitrogens is 3. The average Bonchev–Trinajstić information content (AvgIpc) is 2.95. The number of aliphatic hydroxyl groups is 1. The SMILES string of the molecule is CCc1cc(N[C@@H]2CCN(Cc3c(C)noc3C)C[C@H]2O)nc(N(C)C)n1. The molecule has 0 saturated carbocycles. The van der Waals surface area contributed by atoms with E-state index in [4.69, 9.17) is 4.52 Å². The summed E-state index contributed by atoms with van der Waals surface area (Å²) in [6.07, 6.45) is 1.21. The number of likely N-dealkylation sites (tertiary alicyclic amines) is 1. The molecule has 0 amide bonds. The summed E-state index contributed by atoms with van der Waals surface area (Å²) >= 11 is 0. The van der Waals surface area contributed by atoms with Crippen molar-refractivity contribution in [2.45, 2.75) is 52.3 Å². The van der Waals surface area contributed by atoms with E-state index < -0.39 is 6.10 Å². The molecule has 3 heterocycles. The Labute approximate surface area is 160 Å². The first-order chi connectivity index (χ1) is 12.9. The smallest absolute Gasteiger partial charge is 0.226 e. The maximum atomic E-state index is 10.7. The van der Waals surface area contributed by atoms with Crippen LogP contribution in [-0.2, 0) is 13.0 Å². The first-order valence-corrected chi connectivity index (χ1v) is 9.51. The van der Waals surface area contributed by atoms with Gasteiger partial charge in [0.1, 0.15) is 11.6 Å². The van der Waals surface area contributed by atoms with Gasteiger partial charge in [-0.15, -0.1) is 0 Å². The lowest BCUT2D eigenvalue weighted by Gasteiger charge is -2.36. The molecule has 27 heavy (non-hydrogen) atoms. The second-order valence-corrected chi connectivity index (χ2v) is 7.44. The van der Waals surface area contributed by atoms with Crippen LogP contribution < -0.4 is 10.2 Å². The normalized spacial score (nSPS) is 20.7. The zero-order valence-corrected chi connectivity index (χ0v) is 16.9. The van der Waals surface area contributed by atoms with Crippen LogP contribution in [0.3, 0.4) is 0 Å². The Morgan fingerprint density at radius 2 is 2.11 bits per heavy atom. The van der Waals surface area contributed by atoms with E-state index in [-0.39, 0.29) is 6.04 Å². The Morgan fingerprint density at radius 1 is 1.33 bits per heavy atom. The summed E-state index contributed by atoms with van der Waals surface area (Å²) in [4.78, 5) is 13.2. The highest BCUT2D eigenvalue weighted by Crippen LogP contribution is 2.22. The summed E-state index contributed by atoms with van der Waals surface area (Å²) in [5.74, 6) is 2.31. The molecule has 1 aliphatic heterocycles. The van der Waals surface area contributed by atoms with E-state index in [1.807, 2.05) is 38.9 Å². The van der Waals surface area contributed by atoms with Crippen LogP contribution in [0, 0.1) is 13.8 Å². The molecule has 2 atom stereocenters. The van der Waals surface area contributed by atoms with Crippen molar-refractivity contribution >= 4 is 11.8 Å². The second-order valence-electron chi connectivity index (χ2n) is 7.44. The summed E-state index contributed by atoms with van der Waals surface area (Å²) in [7, 11) is 3.86. The maximum absolute atomic E-state index is 10.7. The van der Waals surface area contributed by atoms with Crippen LogP contribution in [0.1, 0.15) is 36.1 Å². The maximum Gasteiger partial charge on any atom is 0.226 e. The second kappa shape index (κ2) is 8.22. The van der Waals surface area contributed by atoms with E-state index in [1.54, 1.807) is 0 Å². The quantitative estimate of drug-likeness (QED) is 0.790. The van der Waals surface area contributed by atoms with Gasteiger partial charge in [0.05, 0.1) is 17.8 Å². The van der Waals surface area contributed by atoms with Crippen LogP contribution in [0.4, 0.5) is 11.8 Å². The van der Waals surface area contributed by atoms with Crippen molar-refractivity contribution in [3.05, 3.63) is 28.8 Å². The minimum absolute atomic E-state index is 0.0273. The van der Waals surface area contributed by atoms with E-state index in [0.29, 0.717) is 12.5 Å². The van der Waals surface area contributed by atoms with Crippen LogP contribution in [-0.4, -0.2) is 64.5 Å². The molecule has 1 saturated heterocycles. The topological polar surface area (TPSA) is 90.5 Å². The van der Waals surface area contributed by atoms with Gasteiger partial charge in [-0.2, -0.15) is 4.98 Å². The van der Waals surface area contributed by atoms with Crippen molar-refractivity contribution in [1.29, 1.82) is 0 Å². The summed E-state index contributed by atoms with van der Waals surface area (Å²) < 4.78 is 5.25. The molecule has 0 radical (unpaired) electrons. The number of nitrogens with one attached hydrogen (secondary N) is 1. The molecule has 2 N–H and O–H groups in total. The van der Waals surface area contributed by atoms with E-state index in [0.717, 1.165) is 54.5 Å². The van der Waals surface area contributed by atoms with Crippen molar-refractivity contribution in [3.63, 3.8) is 0 Å². The molecule has 0 bridgehead atoms. The monoisotopic (exact) mass is 374 g/mol. The Bertz CT molecular complexity index is 756. The molecule has 1 aliphatic rings. The number of aryl methyl sites for hydroxylation is 3. The highest BCUT2D eigenvalue weighted by atomic mass is 16.5. The molecule has 2 aromatic rings. The van der Waals surface area contributed by atoms with E-state index in [1.165, 1.54) is 0 Å². The van der Waals surface area contributed by atoms with Crippen LogP contribution in [0.2, 0.25) is 0 Å². The third-order valence-corrected chi connectivity index (χ3v) is 5.09. The average molecular weight is 374 g/mol. The van der Waals surface area contributed by atoms with Crippen molar-refractivity contribution in [1.82, 2.24) is 20.0 Å². The number of hydrogen-bond donors (Lipinski definition) is 2. The summed E-state index contributed by atoms with van der Waals surface area (Å²) in [5.41, 5.74) is 3.03. The van der Waals surface area contributed by atoms with Gasteiger partial charge in [-0.05, 0) is 26.7 Å². The number of rotatable bonds is 6. The molecule has 2 aromatic heterocycles. The van der Waals surface area contributed by atoms with Gasteiger partial charge < -0.3 is 19.8 Å². The molecule has 148 valence electrons. The van der Waals surface area contributed by atoms with Crippen LogP contribution >= 0.6 is 0 Å². The lowest BCUT2D eigenvalue weighted by molar-refractivity contribution is 0.0557. The molecule has 0 aliphatic carbocycles. The van der Waals surface area contributed by atoms with Crippen LogP contribution in [0.5, 0.6) is 0 Å². The zero-order chi connectivity index (χ0) is 19.6. The fourth-order valence-electron chi connectivity index (χ4n) is 3.39. The minimum Gasteiger partial charge on any atom is -0.390 e. The predicted molar refractivity (Wildman–Crippen MR) is 105 cm³/mol. The third kappa shape index (κ3) is 4.56. The minimum atomic E-state index is -0.470. The summed E-state index contributed by atoms with van der Waals surface area (Å²) in [6, 6.07) is 1.94.